The van der Waals surface area contributed by atoms with E-state index in [0.29, 0.717) is 5.92 Å². The molecule has 0 heterocycles. The van der Waals surface area contributed by atoms with Crippen molar-refractivity contribution in [3.63, 3.8) is 0 Å². The lowest BCUT2D eigenvalue weighted by Gasteiger charge is -2.25. The zero-order chi connectivity index (χ0) is 7.35. The van der Waals surface area contributed by atoms with Crippen molar-refractivity contribution >= 4 is 34.8 Å². The molecule has 2 aliphatic carbocycles. The van der Waals surface area contributed by atoms with Crippen LogP contribution in [0.1, 0.15) is 6.42 Å². The van der Waals surface area contributed by atoms with Crippen molar-refractivity contribution in [2.24, 2.45) is 11.8 Å². The summed E-state index contributed by atoms with van der Waals surface area (Å²) in [7, 11) is 0. The predicted molar refractivity (Wildman–Crippen MR) is 44.8 cm³/mol. The van der Waals surface area contributed by atoms with Crippen molar-refractivity contribution in [1.29, 1.82) is 0 Å². The molecule has 3 heteroatoms. The topological polar surface area (TPSA) is 0 Å². The highest BCUT2D eigenvalue weighted by molar-refractivity contribution is 6.53. The second kappa shape index (κ2) is 2.06. The van der Waals surface area contributed by atoms with E-state index >= 15 is 0 Å². The van der Waals surface area contributed by atoms with Gasteiger partial charge in [-0.2, -0.15) is 0 Å². The Hall–Kier alpha value is 0.610. The predicted octanol–water partition coefficient (Wildman–Crippen LogP) is 2.97. The minimum absolute atomic E-state index is 0.0918. The first kappa shape index (κ1) is 7.27. The maximum Gasteiger partial charge on any atom is 0.141 e. The molecule has 3 atom stereocenters. The van der Waals surface area contributed by atoms with Gasteiger partial charge in [0.1, 0.15) is 4.33 Å². The van der Waals surface area contributed by atoms with E-state index in [1.165, 1.54) is 0 Å². The van der Waals surface area contributed by atoms with Crippen LogP contribution in [0, 0.1) is 11.8 Å². The highest BCUT2D eigenvalue weighted by Crippen LogP contribution is 2.54. The lowest BCUT2D eigenvalue weighted by atomic mass is 10.1. The van der Waals surface area contributed by atoms with Gasteiger partial charge in [-0.3, -0.25) is 0 Å². The van der Waals surface area contributed by atoms with Gasteiger partial charge >= 0.3 is 0 Å². The van der Waals surface area contributed by atoms with E-state index < -0.39 is 4.33 Å². The number of fused-ring (bicyclic) bond motifs is 2. The summed E-state index contributed by atoms with van der Waals surface area (Å²) in [5.41, 5.74) is 0. The van der Waals surface area contributed by atoms with Crippen molar-refractivity contribution in [2.75, 3.05) is 0 Å². The number of hydrogen-bond donors (Lipinski definition) is 0. The van der Waals surface area contributed by atoms with Crippen LogP contribution in [0.3, 0.4) is 0 Å². The minimum Gasteiger partial charge on any atom is -0.119 e. The van der Waals surface area contributed by atoms with Gasteiger partial charge in [0.25, 0.3) is 0 Å². The average molecular weight is 197 g/mol. The highest BCUT2D eigenvalue weighted by atomic mass is 35.5. The normalized spacial score (nSPS) is 48.5. The molecule has 2 aliphatic rings. The Balaban J connectivity index is 2.35. The second-order valence-electron chi connectivity index (χ2n) is 2.97. The summed E-state index contributed by atoms with van der Waals surface area (Å²) in [5.74, 6) is 0.685. The molecule has 0 aliphatic heterocycles. The first-order valence-corrected chi connectivity index (χ1v) is 4.52. The Morgan fingerprint density at radius 3 is 2.30 bits per heavy atom. The molecule has 0 radical (unpaired) electrons. The SMILES string of the molecule is ClC1[C@@H]2C=C[C@@H](C2)C1(Cl)Cl. The van der Waals surface area contributed by atoms with Crippen molar-refractivity contribution in [2.45, 2.75) is 16.1 Å². The fraction of sp³-hybridized carbons (Fsp3) is 0.714. The number of alkyl halides is 3. The van der Waals surface area contributed by atoms with E-state index in [-0.39, 0.29) is 11.3 Å². The number of hydrogen-bond acceptors (Lipinski definition) is 0. The molecule has 0 amide bonds. The fourth-order valence-corrected chi connectivity index (χ4v) is 2.72. The van der Waals surface area contributed by atoms with Crippen LogP contribution in [0.15, 0.2) is 12.2 Å². The first-order chi connectivity index (χ1) is 4.62. The van der Waals surface area contributed by atoms with Crippen molar-refractivity contribution in [3.8, 4) is 0 Å². The molecule has 2 bridgehead atoms. The van der Waals surface area contributed by atoms with Crippen LogP contribution in [-0.2, 0) is 0 Å². The Bertz CT molecular complexity index is 185. The summed E-state index contributed by atoms with van der Waals surface area (Å²) in [6.45, 7) is 0. The van der Waals surface area contributed by atoms with Gasteiger partial charge < -0.3 is 0 Å². The summed E-state index contributed by atoms with van der Waals surface area (Å²) in [4.78, 5) is 0. The van der Waals surface area contributed by atoms with Crippen molar-refractivity contribution < 1.29 is 0 Å². The number of rotatable bonds is 0. The first-order valence-electron chi connectivity index (χ1n) is 3.32. The van der Waals surface area contributed by atoms with Crippen LogP contribution in [-0.4, -0.2) is 9.71 Å². The molecule has 0 aromatic heterocycles. The molecule has 0 spiro atoms. The van der Waals surface area contributed by atoms with Crippen LogP contribution in [0.4, 0.5) is 0 Å². The van der Waals surface area contributed by atoms with Crippen LogP contribution in [0.25, 0.3) is 0 Å². The van der Waals surface area contributed by atoms with E-state index in [1.54, 1.807) is 0 Å². The summed E-state index contributed by atoms with van der Waals surface area (Å²) in [6.07, 6.45) is 5.22. The molecular weight excluding hydrogens is 190 g/mol. The summed E-state index contributed by atoms with van der Waals surface area (Å²) in [6, 6.07) is 0. The van der Waals surface area contributed by atoms with Crippen molar-refractivity contribution in [1.82, 2.24) is 0 Å². The maximum atomic E-state index is 6.00. The minimum atomic E-state index is -0.707. The third-order valence-corrected chi connectivity index (χ3v) is 4.28. The lowest BCUT2D eigenvalue weighted by molar-refractivity contribution is 0.657. The smallest absolute Gasteiger partial charge is 0.119 e. The summed E-state index contributed by atoms with van der Waals surface area (Å²) >= 11 is 18.0. The van der Waals surface area contributed by atoms with Crippen molar-refractivity contribution in [3.05, 3.63) is 12.2 Å². The molecular formula is C7H7Cl3. The number of allylic oxidation sites excluding steroid dienone is 2. The van der Waals surface area contributed by atoms with E-state index in [9.17, 15) is 0 Å². The zero-order valence-electron chi connectivity index (χ0n) is 5.23. The Labute approximate surface area is 75.1 Å². The largest absolute Gasteiger partial charge is 0.141 e. The van der Waals surface area contributed by atoms with Crippen LogP contribution in [0.2, 0.25) is 0 Å². The van der Waals surface area contributed by atoms with Gasteiger partial charge in [0.2, 0.25) is 0 Å². The zero-order valence-corrected chi connectivity index (χ0v) is 7.50. The highest BCUT2D eigenvalue weighted by Gasteiger charge is 2.53. The Kier molecular flexibility index (Phi) is 1.50. The summed E-state index contributed by atoms with van der Waals surface area (Å²) in [5, 5.41) is -0.0918. The van der Waals surface area contributed by atoms with Gasteiger partial charge in [-0.05, 0) is 12.3 Å². The van der Waals surface area contributed by atoms with Gasteiger partial charge in [-0.25, -0.2) is 0 Å². The standard InChI is InChI=1S/C7H7Cl3/c8-6-4-1-2-5(3-4)7(6,9)10/h1-2,4-6H,3H2/t4-,5+,6?/m1/s1. The molecule has 1 fully saturated rings. The molecule has 0 nitrogen and oxygen atoms in total. The molecule has 0 saturated heterocycles. The number of halogens is 3. The molecule has 2 rings (SSSR count). The van der Waals surface area contributed by atoms with Crippen LogP contribution < -0.4 is 0 Å². The van der Waals surface area contributed by atoms with Gasteiger partial charge in [0.15, 0.2) is 0 Å². The van der Waals surface area contributed by atoms with E-state index in [1.807, 2.05) is 0 Å². The van der Waals surface area contributed by atoms with Gasteiger partial charge in [0.05, 0.1) is 5.38 Å². The molecule has 1 unspecified atom stereocenters. The van der Waals surface area contributed by atoms with Crippen LogP contribution >= 0.6 is 34.8 Å². The van der Waals surface area contributed by atoms with Crippen LogP contribution in [0.5, 0.6) is 0 Å². The van der Waals surface area contributed by atoms with E-state index in [0.717, 1.165) is 6.42 Å². The Morgan fingerprint density at radius 2 is 2.00 bits per heavy atom. The molecule has 0 aromatic carbocycles. The third-order valence-electron chi connectivity index (χ3n) is 2.35. The summed E-state index contributed by atoms with van der Waals surface area (Å²) < 4.78 is -0.707. The molecule has 1 saturated carbocycles. The average Bonchev–Trinajstić information content (AvgIpc) is 2.37. The quantitative estimate of drug-likeness (QED) is 0.414. The second-order valence-corrected chi connectivity index (χ2v) is 4.88. The molecule has 0 N–H and O–H groups in total. The molecule has 56 valence electrons. The van der Waals surface area contributed by atoms with E-state index in [4.69, 9.17) is 34.8 Å². The van der Waals surface area contributed by atoms with E-state index in [2.05, 4.69) is 12.2 Å². The Morgan fingerprint density at radius 1 is 1.30 bits per heavy atom. The van der Waals surface area contributed by atoms with Gasteiger partial charge in [0, 0.05) is 5.92 Å². The third kappa shape index (κ3) is 0.760. The monoisotopic (exact) mass is 196 g/mol. The maximum absolute atomic E-state index is 6.00. The molecule has 10 heavy (non-hydrogen) atoms. The molecule has 0 aromatic rings. The van der Waals surface area contributed by atoms with Gasteiger partial charge in [-0.1, -0.05) is 35.4 Å². The fourth-order valence-electron chi connectivity index (χ4n) is 1.72. The van der Waals surface area contributed by atoms with Gasteiger partial charge in [-0.15, -0.1) is 11.6 Å². The lowest BCUT2D eigenvalue weighted by Crippen LogP contribution is -2.30.